The molecule has 0 unspecified atom stereocenters. The molecule has 0 atom stereocenters. The maximum atomic E-state index is 6.34. The molecule has 4 aromatic heterocycles. The van der Waals surface area contributed by atoms with Gasteiger partial charge in [-0.3, -0.25) is 9.38 Å². The van der Waals surface area contributed by atoms with Crippen molar-refractivity contribution in [3.63, 3.8) is 0 Å². The van der Waals surface area contributed by atoms with Crippen LogP contribution in [0.3, 0.4) is 0 Å². The second-order valence-corrected chi connectivity index (χ2v) is 8.61. The molecule has 32 heavy (non-hydrogen) atoms. The zero-order chi connectivity index (χ0) is 21.7. The van der Waals surface area contributed by atoms with E-state index in [0.717, 1.165) is 50.8 Å². The third kappa shape index (κ3) is 3.02. The van der Waals surface area contributed by atoms with E-state index in [1.807, 2.05) is 30.5 Å². The predicted octanol–water partition coefficient (Wildman–Crippen LogP) is 5.49. The average Bonchev–Trinajstić information content (AvgIpc) is 3.19. The Hall–Kier alpha value is -3.80. The number of hydrogen-bond acceptors (Lipinski definition) is 5. The van der Waals surface area contributed by atoms with Gasteiger partial charge in [0.15, 0.2) is 0 Å². The molecular formula is C26H24N6. The highest BCUT2D eigenvalue weighted by molar-refractivity contribution is 5.91. The largest absolute Gasteiger partial charge is 0.382 e. The summed E-state index contributed by atoms with van der Waals surface area (Å²) in [6.45, 7) is 2.26. The van der Waals surface area contributed by atoms with Crippen molar-refractivity contribution in [2.24, 2.45) is 5.92 Å². The standard InChI is InChI=1S/C26H24N6/c1-2-16-13-19(14-16)26-31-23(24-25(27)29-11-12-32(24)26)18-7-6-17-8-9-21(30-22(17)15-18)20-5-3-4-10-28-20/h3-12,15-16,19H,2,13-14H2,1H3,(H2,27,29)/t16-,19+. The second-order valence-electron chi connectivity index (χ2n) is 8.61. The maximum Gasteiger partial charge on any atom is 0.150 e. The van der Waals surface area contributed by atoms with Crippen molar-refractivity contribution in [1.29, 1.82) is 0 Å². The first-order chi connectivity index (χ1) is 15.7. The Bertz CT molecular complexity index is 1430. The lowest BCUT2D eigenvalue weighted by molar-refractivity contribution is 0.247. The fourth-order valence-electron chi connectivity index (χ4n) is 4.78. The van der Waals surface area contributed by atoms with E-state index >= 15 is 0 Å². The minimum absolute atomic E-state index is 0.470. The summed E-state index contributed by atoms with van der Waals surface area (Å²) >= 11 is 0. The summed E-state index contributed by atoms with van der Waals surface area (Å²) in [4.78, 5) is 18.8. The fourth-order valence-corrected chi connectivity index (χ4v) is 4.78. The molecular weight excluding hydrogens is 396 g/mol. The molecule has 6 rings (SSSR count). The number of hydrogen-bond donors (Lipinski definition) is 1. The first-order valence-electron chi connectivity index (χ1n) is 11.2. The zero-order valence-corrected chi connectivity index (χ0v) is 17.9. The molecule has 0 radical (unpaired) electrons. The van der Waals surface area contributed by atoms with Gasteiger partial charge in [-0.1, -0.05) is 37.6 Å². The van der Waals surface area contributed by atoms with Crippen molar-refractivity contribution < 1.29 is 0 Å². The summed E-state index contributed by atoms with van der Waals surface area (Å²) in [6, 6.07) is 16.2. The Balaban J connectivity index is 1.49. The van der Waals surface area contributed by atoms with Crippen LogP contribution in [0, 0.1) is 5.92 Å². The number of nitrogen functional groups attached to an aromatic ring is 1. The normalized spacial score (nSPS) is 18.2. The van der Waals surface area contributed by atoms with Crippen LogP contribution >= 0.6 is 0 Å². The van der Waals surface area contributed by atoms with Crippen molar-refractivity contribution in [2.45, 2.75) is 32.1 Å². The number of nitrogens with zero attached hydrogens (tertiary/aromatic N) is 5. The van der Waals surface area contributed by atoms with Crippen LogP contribution in [0.4, 0.5) is 5.82 Å². The highest BCUT2D eigenvalue weighted by Crippen LogP contribution is 2.44. The molecule has 1 saturated carbocycles. The van der Waals surface area contributed by atoms with E-state index < -0.39 is 0 Å². The van der Waals surface area contributed by atoms with Gasteiger partial charge in [0.1, 0.15) is 22.9 Å². The summed E-state index contributed by atoms with van der Waals surface area (Å²) in [6.07, 6.45) is 9.12. The van der Waals surface area contributed by atoms with Crippen molar-refractivity contribution in [2.75, 3.05) is 5.73 Å². The van der Waals surface area contributed by atoms with Gasteiger partial charge in [0.2, 0.25) is 0 Å². The molecule has 6 nitrogen and oxygen atoms in total. The van der Waals surface area contributed by atoms with Crippen LogP contribution in [0.1, 0.15) is 37.9 Å². The van der Waals surface area contributed by atoms with Gasteiger partial charge in [-0.05, 0) is 43.0 Å². The van der Waals surface area contributed by atoms with Gasteiger partial charge >= 0.3 is 0 Å². The molecule has 1 aliphatic carbocycles. The lowest BCUT2D eigenvalue weighted by Gasteiger charge is -2.33. The van der Waals surface area contributed by atoms with E-state index in [4.69, 9.17) is 15.7 Å². The summed E-state index contributed by atoms with van der Waals surface area (Å²) < 4.78 is 2.14. The predicted molar refractivity (Wildman–Crippen MR) is 127 cm³/mol. The van der Waals surface area contributed by atoms with Gasteiger partial charge in [0, 0.05) is 35.5 Å². The van der Waals surface area contributed by atoms with Gasteiger partial charge in [-0.25, -0.2) is 15.0 Å². The molecule has 0 saturated heterocycles. The van der Waals surface area contributed by atoms with E-state index in [0.29, 0.717) is 11.7 Å². The van der Waals surface area contributed by atoms with Crippen molar-refractivity contribution in [3.05, 3.63) is 72.9 Å². The van der Waals surface area contributed by atoms with E-state index in [1.165, 1.54) is 19.3 Å². The van der Waals surface area contributed by atoms with Gasteiger partial charge in [0.05, 0.1) is 16.9 Å². The number of fused-ring (bicyclic) bond motifs is 2. The lowest BCUT2D eigenvalue weighted by Crippen LogP contribution is -2.23. The molecule has 6 heteroatoms. The van der Waals surface area contributed by atoms with E-state index in [1.54, 1.807) is 12.4 Å². The van der Waals surface area contributed by atoms with Crippen LogP contribution in [0.5, 0.6) is 0 Å². The van der Waals surface area contributed by atoms with Gasteiger partial charge in [0.25, 0.3) is 0 Å². The Kier molecular flexibility index (Phi) is 4.38. The Labute approximate surface area is 186 Å². The summed E-state index contributed by atoms with van der Waals surface area (Å²) in [5, 5.41) is 1.08. The molecule has 158 valence electrons. The zero-order valence-electron chi connectivity index (χ0n) is 17.9. The molecule has 1 aromatic carbocycles. The summed E-state index contributed by atoms with van der Waals surface area (Å²) in [7, 11) is 0. The number of anilines is 1. The number of rotatable bonds is 4. The molecule has 0 bridgehead atoms. The highest BCUT2D eigenvalue weighted by atomic mass is 15.1. The SMILES string of the molecule is CC[C@H]1C[C@@H](c2nc(-c3ccc4ccc(-c5ccccn5)nc4c3)c3c(N)nccn32)C1. The van der Waals surface area contributed by atoms with Gasteiger partial charge in [-0.15, -0.1) is 0 Å². The monoisotopic (exact) mass is 420 g/mol. The van der Waals surface area contributed by atoms with E-state index in [2.05, 4.69) is 45.6 Å². The molecule has 5 aromatic rings. The Morgan fingerprint density at radius 1 is 0.969 bits per heavy atom. The highest BCUT2D eigenvalue weighted by Gasteiger charge is 2.33. The third-order valence-electron chi connectivity index (χ3n) is 6.68. The molecule has 0 spiro atoms. The lowest BCUT2D eigenvalue weighted by atomic mass is 9.73. The summed E-state index contributed by atoms with van der Waals surface area (Å²) in [5.41, 5.74) is 11.7. The first kappa shape index (κ1) is 18.9. The molecule has 0 aliphatic heterocycles. The van der Waals surface area contributed by atoms with E-state index in [9.17, 15) is 0 Å². The topological polar surface area (TPSA) is 82.0 Å². The number of aromatic nitrogens is 5. The molecule has 2 N–H and O–H groups in total. The van der Waals surface area contributed by atoms with Crippen LogP contribution in [0.2, 0.25) is 0 Å². The number of pyridine rings is 2. The van der Waals surface area contributed by atoms with Crippen LogP contribution < -0.4 is 5.73 Å². The Morgan fingerprint density at radius 3 is 2.66 bits per heavy atom. The number of nitrogens with two attached hydrogens (primary N) is 1. The van der Waals surface area contributed by atoms with Crippen molar-refractivity contribution in [1.82, 2.24) is 24.3 Å². The van der Waals surface area contributed by atoms with Crippen LogP contribution in [-0.4, -0.2) is 24.3 Å². The molecule has 4 heterocycles. The van der Waals surface area contributed by atoms with Crippen molar-refractivity contribution in [3.8, 4) is 22.6 Å². The van der Waals surface area contributed by atoms with E-state index in [-0.39, 0.29) is 0 Å². The fraction of sp³-hybridized carbons (Fsp3) is 0.231. The quantitative estimate of drug-likeness (QED) is 0.416. The average molecular weight is 421 g/mol. The molecule has 0 amide bonds. The minimum atomic E-state index is 0.470. The van der Waals surface area contributed by atoms with Gasteiger partial charge < -0.3 is 5.73 Å². The van der Waals surface area contributed by atoms with Crippen LogP contribution in [0.25, 0.3) is 39.1 Å². The Morgan fingerprint density at radius 2 is 1.84 bits per heavy atom. The van der Waals surface area contributed by atoms with Crippen LogP contribution in [0.15, 0.2) is 67.1 Å². The van der Waals surface area contributed by atoms with Crippen LogP contribution in [-0.2, 0) is 0 Å². The minimum Gasteiger partial charge on any atom is -0.382 e. The van der Waals surface area contributed by atoms with Crippen molar-refractivity contribution >= 4 is 22.2 Å². The van der Waals surface area contributed by atoms with Gasteiger partial charge in [-0.2, -0.15) is 0 Å². The number of benzene rings is 1. The maximum absolute atomic E-state index is 6.34. The third-order valence-corrected chi connectivity index (χ3v) is 6.68. The second kappa shape index (κ2) is 7.41. The molecule has 1 fully saturated rings. The summed E-state index contributed by atoms with van der Waals surface area (Å²) in [5.74, 6) is 2.86. The first-order valence-corrected chi connectivity index (χ1v) is 11.2. The smallest absolute Gasteiger partial charge is 0.150 e. The number of imidazole rings is 1. The molecule has 1 aliphatic rings.